The lowest BCUT2D eigenvalue weighted by atomic mass is 10.3. The van der Waals surface area contributed by atoms with Gasteiger partial charge in [-0.2, -0.15) is 13.2 Å². The fourth-order valence-electron chi connectivity index (χ4n) is 1.69. The van der Waals surface area contributed by atoms with Crippen LogP contribution < -0.4 is 9.46 Å². The standard InChI is InChI=1S/C13H10F3N3O5S/c14-13(15,16)8-18-25(22,23)10-3-4-12(11(6-10)19(20)21)24-9-2-1-5-17-7-9/h1-7,18H,8H2. The van der Waals surface area contributed by atoms with Crippen LogP contribution in [0.5, 0.6) is 11.5 Å². The minimum atomic E-state index is -4.76. The fourth-order valence-corrected chi connectivity index (χ4v) is 2.72. The van der Waals surface area contributed by atoms with Crippen molar-refractivity contribution in [2.45, 2.75) is 11.1 Å². The first-order valence-electron chi connectivity index (χ1n) is 6.51. The molecule has 0 radical (unpaired) electrons. The van der Waals surface area contributed by atoms with E-state index in [1.54, 1.807) is 0 Å². The highest BCUT2D eigenvalue weighted by Gasteiger charge is 2.31. The van der Waals surface area contributed by atoms with E-state index in [-0.39, 0.29) is 11.5 Å². The number of pyridine rings is 1. The molecule has 0 aliphatic carbocycles. The van der Waals surface area contributed by atoms with Crippen LogP contribution in [0.15, 0.2) is 47.6 Å². The average molecular weight is 377 g/mol. The van der Waals surface area contributed by atoms with Crippen LogP contribution in [-0.2, 0) is 10.0 Å². The van der Waals surface area contributed by atoms with Gasteiger partial charge in [-0.05, 0) is 24.3 Å². The van der Waals surface area contributed by atoms with Crippen LogP contribution in [0.4, 0.5) is 18.9 Å². The Morgan fingerprint density at radius 2 is 2.00 bits per heavy atom. The van der Waals surface area contributed by atoms with Crippen molar-refractivity contribution in [2.24, 2.45) is 0 Å². The number of nitrogens with one attached hydrogen (secondary N) is 1. The van der Waals surface area contributed by atoms with Crippen LogP contribution in [0.1, 0.15) is 0 Å². The molecule has 0 saturated heterocycles. The number of aromatic nitrogens is 1. The van der Waals surface area contributed by atoms with E-state index in [1.165, 1.54) is 29.2 Å². The van der Waals surface area contributed by atoms with Crippen LogP contribution >= 0.6 is 0 Å². The van der Waals surface area contributed by atoms with Gasteiger partial charge in [-0.15, -0.1) is 0 Å². The van der Waals surface area contributed by atoms with Gasteiger partial charge >= 0.3 is 11.9 Å². The number of benzene rings is 1. The number of hydrogen-bond acceptors (Lipinski definition) is 6. The second-order valence-electron chi connectivity index (χ2n) is 4.62. The van der Waals surface area contributed by atoms with Crippen LogP contribution in [0.2, 0.25) is 0 Å². The summed E-state index contributed by atoms with van der Waals surface area (Å²) in [6, 6.07) is 5.47. The van der Waals surface area contributed by atoms with E-state index in [0.717, 1.165) is 12.1 Å². The lowest BCUT2D eigenvalue weighted by molar-refractivity contribution is -0.385. The molecule has 0 spiro atoms. The highest BCUT2D eigenvalue weighted by molar-refractivity contribution is 7.89. The molecule has 0 bridgehead atoms. The monoisotopic (exact) mass is 377 g/mol. The molecule has 0 saturated carbocycles. The normalized spacial score (nSPS) is 12.0. The maximum Gasteiger partial charge on any atom is 0.402 e. The minimum Gasteiger partial charge on any atom is -0.449 e. The van der Waals surface area contributed by atoms with E-state index < -0.39 is 38.3 Å². The maximum absolute atomic E-state index is 12.2. The molecule has 0 unspecified atom stereocenters. The summed E-state index contributed by atoms with van der Waals surface area (Å²) in [6.45, 7) is -1.79. The highest BCUT2D eigenvalue weighted by Crippen LogP contribution is 2.33. The predicted octanol–water partition coefficient (Wildman–Crippen LogP) is 2.62. The Morgan fingerprint density at radius 1 is 1.28 bits per heavy atom. The van der Waals surface area contributed by atoms with Crippen molar-refractivity contribution < 1.29 is 31.2 Å². The first-order chi connectivity index (χ1) is 11.6. The van der Waals surface area contributed by atoms with Gasteiger partial charge in [-0.1, -0.05) is 0 Å². The number of hydrogen-bond donors (Lipinski definition) is 1. The van der Waals surface area contributed by atoms with Crippen molar-refractivity contribution in [3.8, 4) is 11.5 Å². The molecule has 0 fully saturated rings. The topological polar surface area (TPSA) is 111 Å². The second kappa shape index (κ2) is 7.03. The minimum absolute atomic E-state index is 0.163. The molecule has 25 heavy (non-hydrogen) atoms. The van der Waals surface area contributed by atoms with Gasteiger partial charge < -0.3 is 4.74 Å². The van der Waals surface area contributed by atoms with Gasteiger partial charge in [0.1, 0.15) is 12.3 Å². The van der Waals surface area contributed by atoms with Crippen molar-refractivity contribution in [3.63, 3.8) is 0 Å². The Morgan fingerprint density at radius 3 is 2.56 bits per heavy atom. The quantitative estimate of drug-likeness (QED) is 0.612. The smallest absolute Gasteiger partial charge is 0.402 e. The third kappa shape index (κ3) is 5.12. The Balaban J connectivity index is 2.34. The molecule has 1 aromatic carbocycles. The molecule has 12 heteroatoms. The van der Waals surface area contributed by atoms with Gasteiger partial charge in [0.15, 0.2) is 0 Å². The number of sulfonamides is 1. The summed E-state index contributed by atoms with van der Waals surface area (Å²) in [4.78, 5) is 13.3. The molecule has 1 N–H and O–H groups in total. The summed E-state index contributed by atoms with van der Waals surface area (Å²) in [6.07, 6.45) is -2.04. The number of nitro groups is 1. The molecular weight excluding hydrogens is 367 g/mol. The van der Waals surface area contributed by atoms with Crippen LogP contribution in [0, 0.1) is 10.1 Å². The van der Waals surface area contributed by atoms with Gasteiger partial charge in [0, 0.05) is 12.3 Å². The zero-order valence-electron chi connectivity index (χ0n) is 12.2. The molecule has 0 atom stereocenters. The summed E-state index contributed by atoms with van der Waals surface area (Å²) in [5, 5.41) is 11.1. The van der Waals surface area contributed by atoms with Crippen LogP contribution in [0.3, 0.4) is 0 Å². The van der Waals surface area contributed by atoms with Gasteiger partial charge in [-0.25, -0.2) is 13.1 Å². The summed E-state index contributed by atoms with van der Waals surface area (Å²) in [7, 11) is -4.58. The number of nitrogens with zero attached hydrogens (tertiary/aromatic N) is 2. The zero-order chi connectivity index (χ0) is 18.7. The number of alkyl halides is 3. The first-order valence-corrected chi connectivity index (χ1v) is 7.99. The third-order valence-corrected chi connectivity index (χ3v) is 4.16. The molecule has 0 aliphatic rings. The van der Waals surface area contributed by atoms with Crippen LogP contribution in [0.25, 0.3) is 0 Å². The maximum atomic E-state index is 12.2. The molecule has 134 valence electrons. The lowest BCUT2D eigenvalue weighted by Crippen LogP contribution is -2.33. The molecule has 0 aliphatic heterocycles. The average Bonchev–Trinajstić information content (AvgIpc) is 2.53. The van der Waals surface area contributed by atoms with Crippen molar-refractivity contribution >= 4 is 15.7 Å². The van der Waals surface area contributed by atoms with Crippen LogP contribution in [-0.4, -0.2) is 31.0 Å². The number of nitro benzene ring substituents is 1. The van der Waals surface area contributed by atoms with Gasteiger partial charge in [0.2, 0.25) is 15.8 Å². The first kappa shape index (κ1) is 18.6. The molecule has 2 rings (SSSR count). The van der Waals surface area contributed by atoms with Gasteiger partial charge in [-0.3, -0.25) is 15.1 Å². The predicted molar refractivity (Wildman–Crippen MR) is 78.7 cm³/mol. The van der Waals surface area contributed by atoms with Crippen molar-refractivity contribution in [2.75, 3.05) is 6.54 Å². The molecule has 1 aromatic heterocycles. The number of ether oxygens (including phenoxy) is 1. The Labute approximate surface area is 139 Å². The summed E-state index contributed by atoms with van der Waals surface area (Å²) >= 11 is 0. The largest absolute Gasteiger partial charge is 0.449 e. The zero-order valence-corrected chi connectivity index (χ0v) is 13.0. The van der Waals surface area contributed by atoms with E-state index in [1.807, 2.05) is 0 Å². The summed E-state index contributed by atoms with van der Waals surface area (Å²) in [5.74, 6) is -0.121. The molecule has 1 heterocycles. The Hall–Kier alpha value is -2.73. The lowest BCUT2D eigenvalue weighted by Gasteiger charge is -2.10. The fraction of sp³-hybridized carbons (Fsp3) is 0.154. The van der Waals surface area contributed by atoms with E-state index >= 15 is 0 Å². The third-order valence-electron chi connectivity index (χ3n) is 2.76. The van der Waals surface area contributed by atoms with E-state index in [0.29, 0.717) is 6.07 Å². The molecule has 8 nitrogen and oxygen atoms in total. The Kier molecular flexibility index (Phi) is 5.23. The van der Waals surface area contributed by atoms with E-state index in [2.05, 4.69) is 4.98 Å². The number of halogens is 3. The number of rotatable bonds is 6. The highest BCUT2D eigenvalue weighted by atomic mass is 32.2. The summed E-state index contributed by atoms with van der Waals surface area (Å²) < 4.78 is 66.7. The Bertz CT molecular complexity index is 872. The van der Waals surface area contributed by atoms with Crippen molar-refractivity contribution in [1.82, 2.24) is 9.71 Å². The SMILES string of the molecule is O=[N+]([O-])c1cc(S(=O)(=O)NCC(F)(F)F)ccc1Oc1cccnc1. The second-order valence-corrected chi connectivity index (χ2v) is 6.38. The van der Waals surface area contributed by atoms with Gasteiger partial charge in [0.05, 0.1) is 16.0 Å². The van der Waals surface area contributed by atoms with E-state index in [9.17, 15) is 31.7 Å². The molecular formula is C13H10F3N3O5S. The van der Waals surface area contributed by atoms with Gasteiger partial charge in [0.25, 0.3) is 0 Å². The van der Waals surface area contributed by atoms with Crippen molar-refractivity contribution in [1.29, 1.82) is 0 Å². The molecule has 2 aromatic rings. The molecule has 0 amide bonds. The van der Waals surface area contributed by atoms with Crippen molar-refractivity contribution in [3.05, 3.63) is 52.8 Å². The van der Waals surface area contributed by atoms with E-state index in [4.69, 9.17) is 4.74 Å². The summed E-state index contributed by atoms with van der Waals surface area (Å²) in [5.41, 5.74) is -0.723.